The predicted octanol–water partition coefficient (Wildman–Crippen LogP) is 4.11. The van der Waals surface area contributed by atoms with E-state index in [1.54, 1.807) is 51.7 Å². The molecule has 3 aliphatic rings. The quantitative estimate of drug-likeness (QED) is 0.119. The van der Waals surface area contributed by atoms with Gasteiger partial charge in [0.05, 0.1) is 65.7 Å². The molecule has 5 heterocycles. The van der Waals surface area contributed by atoms with Crippen molar-refractivity contribution >= 4 is 5.97 Å². The zero-order chi connectivity index (χ0) is 56.0. The van der Waals surface area contributed by atoms with Crippen molar-refractivity contribution in [1.29, 1.82) is 0 Å². The number of aromatic nitrogens is 6. The Kier molecular flexibility index (Phi) is 21.2. The largest absolute Gasteiger partial charge is 0.459 e. The minimum atomic E-state index is -1.83. The van der Waals surface area contributed by atoms with E-state index in [0.717, 1.165) is 5.56 Å². The number of esters is 1. The monoisotopic (exact) mass is 1080 g/mol. The van der Waals surface area contributed by atoms with Crippen molar-refractivity contribution in [3.63, 3.8) is 0 Å². The maximum absolute atomic E-state index is 14.9. The lowest BCUT2D eigenvalue weighted by Crippen LogP contribution is -2.59. The van der Waals surface area contributed by atoms with Crippen LogP contribution in [0.15, 0.2) is 36.7 Å². The number of methoxy groups -OCH3 is 2. The van der Waals surface area contributed by atoms with Gasteiger partial charge in [-0.05, 0) is 105 Å². The lowest BCUT2D eigenvalue weighted by atomic mass is 9.77. The number of benzene rings is 1. The fraction of sp³-hybridized carbons (Fsp3) is 0.796. The smallest absolute Gasteiger partial charge is 0.311 e. The fourth-order valence-electron chi connectivity index (χ4n) is 11.8. The molecule has 3 aromatic rings. The number of carbonyl (C=O) groups is 1. The summed E-state index contributed by atoms with van der Waals surface area (Å²) in [5, 5.41) is 73.7. The number of aliphatic hydroxyl groups is 5. The van der Waals surface area contributed by atoms with E-state index in [4.69, 9.17) is 33.2 Å². The molecule has 2 aromatic heterocycles. The number of likely N-dealkylation sites (N-methyl/N-ethyl adjacent to an activating group) is 2. The Balaban J connectivity index is 1.23. The van der Waals surface area contributed by atoms with E-state index < -0.39 is 109 Å². The van der Waals surface area contributed by atoms with Gasteiger partial charge in [0.15, 0.2) is 12.6 Å². The third-order valence-corrected chi connectivity index (χ3v) is 16.6. The molecule has 5 N–H and O–H groups in total. The third kappa shape index (κ3) is 14.2. The van der Waals surface area contributed by atoms with Crippen molar-refractivity contribution in [3.05, 3.63) is 53.6 Å². The summed E-state index contributed by atoms with van der Waals surface area (Å²) in [6.45, 7) is 17.9. The summed E-state index contributed by atoms with van der Waals surface area (Å²) in [5.74, 6) is -2.60. The Labute approximate surface area is 448 Å². The number of carbonyl (C=O) groups excluding carboxylic acids is 1. The van der Waals surface area contributed by atoms with Gasteiger partial charge in [-0.2, -0.15) is 0 Å². The van der Waals surface area contributed by atoms with Crippen LogP contribution in [0.5, 0.6) is 0 Å². The average Bonchev–Trinajstić information content (AvgIpc) is 4.08. The molecule has 19 atom stereocenters. The highest BCUT2D eigenvalue weighted by Crippen LogP contribution is 2.40. The van der Waals surface area contributed by atoms with Gasteiger partial charge in [0, 0.05) is 70.8 Å². The van der Waals surface area contributed by atoms with Crippen LogP contribution < -0.4 is 0 Å². The summed E-state index contributed by atoms with van der Waals surface area (Å²) in [7, 11) is 6.92. The predicted molar refractivity (Wildman–Crippen MR) is 278 cm³/mol. The minimum absolute atomic E-state index is 0.0334. The molecule has 0 amide bonds. The molecule has 22 heteroatoms. The third-order valence-electron chi connectivity index (χ3n) is 16.6. The Morgan fingerprint density at radius 2 is 1.59 bits per heavy atom. The molecule has 3 aliphatic heterocycles. The van der Waals surface area contributed by atoms with Crippen LogP contribution in [0.3, 0.4) is 0 Å². The lowest BCUT2D eigenvalue weighted by molar-refractivity contribution is -0.308. The first-order valence-electron chi connectivity index (χ1n) is 27.0. The van der Waals surface area contributed by atoms with Crippen molar-refractivity contribution in [3.8, 4) is 5.69 Å². The number of hydrogen-bond acceptors (Lipinski definition) is 19. The minimum Gasteiger partial charge on any atom is -0.459 e. The van der Waals surface area contributed by atoms with Crippen LogP contribution in [-0.2, 0) is 51.0 Å². The molecule has 0 bridgehead atoms. The van der Waals surface area contributed by atoms with E-state index in [2.05, 4.69) is 25.5 Å². The molecular weight excluding hydrogens is 988 g/mol. The van der Waals surface area contributed by atoms with Gasteiger partial charge in [-0.3, -0.25) is 4.79 Å². The van der Waals surface area contributed by atoms with Crippen molar-refractivity contribution in [2.24, 2.45) is 17.8 Å². The number of halogens is 1. The highest BCUT2D eigenvalue weighted by Gasteiger charge is 2.52. The molecule has 3 fully saturated rings. The van der Waals surface area contributed by atoms with Gasteiger partial charge in [0.25, 0.3) is 0 Å². The number of aliphatic hydroxyl groups excluding tert-OH is 3. The number of nitrogens with zero attached hydrogens (tertiary/aromatic N) is 8. The Morgan fingerprint density at radius 1 is 0.908 bits per heavy atom. The number of alkyl halides is 1. The molecule has 6 rings (SSSR count). The van der Waals surface area contributed by atoms with Crippen molar-refractivity contribution in [2.75, 3.05) is 48.1 Å². The molecule has 0 aliphatic carbocycles. The second-order valence-electron chi connectivity index (χ2n) is 22.8. The van der Waals surface area contributed by atoms with Gasteiger partial charge >= 0.3 is 5.97 Å². The van der Waals surface area contributed by atoms with E-state index in [1.807, 2.05) is 71.0 Å². The van der Waals surface area contributed by atoms with E-state index in [-0.39, 0.29) is 43.9 Å². The molecule has 21 nitrogen and oxygen atoms in total. The number of ether oxygens (including phenoxy) is 7. The molecule has 0 radical (unpaired) electrons. The normalized spacial score (nSPS) is 37.6. The summed E-state index contributed by atoms with van der Waals surface area (Å²) < 4.78 is 62.5. The Hall–Kier alpha value is -3.62. The van der Waals surface area contributed by atoms with Gasteiger partial charge in [-0.1, -0.05) is 43.3 Å². The molecular formula is C54H89FN8O13. The number of rotatable bonds is 17. The fourth-order valence-corrected chi connectivity index (χ4v) is 11.8. The van der Waals surface area contributed by atoms with Gasteiger partial charge < -0.3 is 68.5 Å². The van der Waals surface area contributed by atoms with Crippen LogP contribution >= 0.6 is 0 Å². The maximum atomic E-state index is 14.9. The molecule has 0 saturated carbocycles. The maximum Gasteiger partial charge on any atom is 0.311 e. The summed E-state index contributed by atoms with van der Waals surface area (Å²) in [5.41, 5.74) is -1.88. The standard InChI is InChI=1S/C54H89FN8O13/c1-15-43-54(10,69)48(65)35(6)61(12)27-31(2)24-52(8,68)50(33(4)46(34(5)51(67)74-43)75-45-25-53(9,71-14)49(66)36(7)73-45)76-44-23-41(22-32(3)72-44)60(11)21-20-38-28-63(59-56-38)42(26-55)47(70-13)37-16-18-40(19-17-37)62-29-39(30-64)57-58-62/h16-19,28-29,31-36,41-50,64-66,68-69H,15,20-27,30H2,1-14H3/t31-,32-,33+,34-,35-,36+,41+,42-,43-,44+,45+,46+,47-,48-,49+,50-,52-,53-,54-/m1/s1. The van der Waals surface area contributed by atoms with E-state index in [1.165, 1.54) is 25.8 Å². The second-order valence-corrected chi connectivity index (χ2v) is 22.8. The zero-order valence-electron chi connectivity index (χ0n) is 47.2. The second kappa shape index (κ2) is 26.1. The van der Waals surface area contributed by atoms with Crippen LogP contribution in [0.25, 0.3) is 5.69 Å². The summed E-state index contributed by atoms with van der Waals surface area (Å²) in [6, 6.07) is 5.91. The topological polar surface area (TPSA) is 251 Å². The summed E-state index contributed by atoms with van der Waals surface area (Å²) >= 11 is 0. The van der Waals surface area contributed by atoms with Crippen LogP contribution in [0, 0.1) is 17.8 Å². The zero-order valence-corrected chi connectivity index (χ0v) is 47.2. The van der Waals surface area contributed by atoms with Crippen molar-refractivity contribution in [2.45, 2.75) is 211 Å². The Bertz CT molecular complexity index is 2270. The summed E-state index contributed by atoms with van der Waals surface area (Å²) in [6.07, 6.45) is -3.19. The summed E-state index contributed by atoms with van der Waals surface area (Å²) in [4.78, 5) is 18.7. The van der Waals surface area contributed by atoms with Gasteiger partial charge in [0.1, 0.15) is 48.4 Å². The van der Waals surface area contributed by atoms with Crippen LogP contribution in [-0.4, -0.2) is 204 Å². The first kappa shape index (κ1) is 61.6. The Morgan fingerprint density at radius 3 is 2.21 bits per heavy atom. The molecule has 430 valence electrons. The van der Waals surface area contributed by atoms with E-state index in [9.17, 15) is 34.7 Å². The molecule has 0 spiro atoms. The van der Waals surface area contributed by atoms with Crippen molar-refractivity contribution in [1.82, 2.24) is 39.8 Å². The SMILES string of the molecule is CC[C@H]1OC(=O)[C@H](C)[C@@H](O[C@H]2C[C@@](C)(OC)[C@@H](O)[C@H](C)O2)[C@H](C)[C@@H](O[C@H]2C[C@@H](N(C)CCc3cn([C@H](CF)[C@H](OC)c4ccc(-n5cc(CO)nn5)cc4)nn3)C[C@@H](C)O2)[C@](C)(O)C[C@@H](C)CN(C)[C@H](C)[C@@H](O)[C@]1(C)O. The number of cyclic esters (lactones) is 1. The number of hydrogen-bond donors (Lipinski definition) is 5. The molecule has 0 unspecified atom stereocenters. The van der Waals surface area contributed by atoms with Gasteiger partial charge in [0.2, 0.25) is 0 Å². The molecule has 3 saturated heterocycles. The molecule has 1 aromatic carbocycles. The van der Waals surface area contributed by atoms with E-state index in [0.29, 0.717) is 49.4 Å². The first-order valence-corrected chi connectivity index (χ1v) is 27.0. The highest BCUT2D eigenvalue weighted by atomic mass is 19.1. The molecule has 76 heavy (non-hydrogen) atoms. The average molecular weight is 1080 g/mol. The van der Waals surface area contributed by atoms with Crippen molar-refractivity contribution < 1.29 is 67.9 Å². The van der Waals surface area contributed by atoms with Crippen LogP contribution in [0.2, 0.25) is 0 Å². The van der Waals surface area contributed by atoms with Crippen LogP contribution in [0.1, 0.15) is 130 Å². The van der Waals surface area contributed by atoms with Gasteiger partial charge in [-0.15, -0.1) is 10.2 Å². The van der Waals surface area contributed by atoms with Gasteiger partial charge in [-0.25, -0.2) is 13.8 Å². The van der Waals surface area contributed by atoms with Crippen LogP contribution in [0.4, 0.5) is 4.39 Å². The lowest BCUT2D eigenvalue weighted by Gasteiger charge is -2.48. The van der Waals surface area contributed by atoms with E-state index >= 15 is 0 Å². The first-order chi connectivity index (χ1) is 35.8. The highest BCUT2D eigenvalue weighted by molar-refractivity contribution is 5.73.